The summed E-state index contributed by atoms with van der Waals surface area (Å²) in [5.74, 6) is 0.571. The van der Waals surface area contributed by atoms with Gasteiger partial charge in [0.1, 0.15) is 5.82 Å². The van der Waals surface area contributed by atoms with Crippen LogP contribution in [0.2, 0.25) is 0 Å². The molecule has 1 heterocycles. The Morgan fingerprint density at radius 2 is 1.76 bits per heavy atom. The first-order valence-electron chi connectivity index (χ1n) is 12.0. The molecule has 1 aliphatic carbocycles. The van der Waals surface area contributed by atoms with E-state index in [1.165, 1.54) is 37.7 Å². The third-order valence-corrected chi connectivity index (χ3v) is 6.23. The van der Waals surface area contributed by atoms with Gasteiger partial charge in [-0.25, -0.2) is 9.78 Å². The molecule has 1 amide bonds. The molecule has 0 saturated heterocycles. The molecule has 0 unspecified atom stereocenters. The minimum Gasteiger partial charge on any atom is -0.461 e. The number of aromatic nitrogens is 1. The zero-order valence-corrected chi connectivity index (χ0v) is 19.8. The van der Waals surface area contributed by atoms with Gasteiger partial charge in [0.15, 0.2) is 5.69 Å². The van der Waals surface area contributed by atoms with Gasteiger partial charge in [-0.15, -0.1) is 0 Å². The van der Waals surface area contributed by atoms with E-state index in [1.54, 1.807) is 31.2 Å². The van der Waals surface area contributed by atoms with Gasteiger partial charge in [0.2, 0.25) is 0 Å². The van der Waals surface area contributed by atoms with Crippen molar-refractivity contribution in [2.75, 3.05) is 17.2 Å². The predicted octanol–water partition coefficient (Wildman–Crippen LogP) is 6.61. The van der Waals surface area contributed by atoms with E-state index in [1.807, 2.05) is 31.2 Å². The Kier molecular flexibility index (Phi) is 7.58. The van der Waals surface area contributed by atoms with Crippen molar-refractivity contribution >= 4 is 29.1 Å². The molecule has 0 aliphatic heterocycles. The summed E-state index contributed by atoms with van der Waals surface area (Å²) >= 11 is 0. The van der Waals surface area contributed by atoms with Crippen LogP contribution in [0.1, 0.15) is 76.9 Å². The molecule has 3 aromatic rings. The number of anilines is 3. The van der Waals surface area contributed by atoms with Crippen molar-refractivity contribution in [3.8, 4) is 0 Å². The maximum atomic E-state index is 12.8. The SMILES string of the molecule is CCOC(=O)c1cccc(Nc2ccc(C(=O)Nc3ccc(C4CCCCC4)cc3)cc2C)n1. The van der Waals surface area contributed by atoms with Crippen LogP contribution in [-0.4, -0.2) is 23.5 Å². The van der Waals surface area contributed by atoms with Gasteiger partial charge in [-0.3, -0.25) is 4.79 Å². The van der Waals surface area contributed by atoms with Gasteiger partial charge in [-0.2, -0.15) is 0 Å². The van der Waals surface area contributed by atoms with Crippen LogP contribution in [0.25, 0.3) is 0 Å². The van der Waals surface area contributed by atoms with Crippen LogP contribution in [-0.2, 0) is 4.74 Å². The monoisotopic (exact) mass is 457 g/mol. The first-order valence-corrected chi connectivity index (χ1v) is 12.0. The summed E-state index contributed by atoms with van der Waals surface area (Å²) in [6.45, 7) is 3.98. The number of hydrogen-bond acceptors (Lipinski definition) is 5. The number of pyridine rings is 1. The van der Waals surface area contributed by atoms with Crippen molar-refractivity contribution < 1.29 is 14.3 Å². The summed E-state index contributed by atoms with van der Waals surface area (Å²) < 4.78 is 5.01. The topological polar surface area (TPSA) is 80.3 Å². The smallest absolute Gasteiger partial charge is 0.356 e. The highest BCUT2D eigenvalue weighted by Gasteiger charge is 2.16. The van der Waals surface area contributed by atoms with Gasteiger partial charge in [0, 0.05) is 16.9 Å². The van der Waals surface area contributed by atoms with Crippen molar-refractivity contribution in [2.45, 2.75) is 51.9 Å². The molecule has 0 bridgehead atoms. The Hall–Kier alpha value is -3.67. The first-order chi connectivity index (χ1) is 16.5. The molecule has 2 N–H and O–H groups in total. The summed E-state index contributed by atoms with van der Waals surface area (Å²) in [5.41, 5.74) is 4.68. The summed E-state index contributed by atoms with van der Waals surface area (Å²) in [4.78, 5) is 29.1. The van der Waals surface area contributed by atoms with Gasteiger partial charge in [-0.05, 0) is 86.2 Å². The molecule has 0 atom stereocenters. The molecule has 4 rings (SSSR count). The second kappa shape index (κ2) is 11.0. The van der Waals surface area contributed by atoms with Crippen molar-refractivity contribution in [1.29, 1.82) is 0 Å². The van der Waals surface area contributed by atoms with E-state index in [4.69, 9.17) is 4.74 Å². The second-order valence-electron chi connectivity index (χ2n) is 8.69. The Morgan fingerprint density at radius 1 is 1.00 bits per heavy atom. The summed E-state index contributed by atoms with van der Waals surface area (Å²) in [7, 11) is 0. The third kappa shape index (κ3) is 5.81. The number of aryl methyl sites for hydroxylation is 1. The molecule has 6 heteroatoms. The molecule has 176 valence electrons. The number of rotatable bonds is 7. The number of carbonyl (C=O) groups is 2. The van der Waals surface area contributed by atoms with E-state index in [0.717, 1.165) is 16.9 Å². The molecule has 0 spiro atoms. The van der Waals surface area contributed by atoms with E-state index in [2.05, 4.69) is 27.8 Å². The molecule has 34 heavy (non-hydrogen) atoms. The van der Waals surface area contributed by atoms with Gasteiger partial charge in [0.05, 0.1) is 6.61 Å². The van der Waals surface area contributed by atoms with Gasteiger partial charge < -0.3 is 15.4 Å². The highest BCUT2D eigenvalue weighted by atomic mass is 16.5. The molecular formula is C28H31N3O3. The van der Waals surface area contributed by atoms with Crippen molar-refractivity contribution in [3.63, 3.8) is 0 Å². The van der Waals surface area contributed by atoms with E-state index >= 15 is 0 Å². The molecule has 1 aromatic heterocycles. The normalized spacial score (nSPS) is 13.8. The van der Waals surface area contributed by atoms with E-state index in [9.17, 15) is 9.59 Å². The van der Waals surface area contributed by atoms with E-state index in [0.29, 0.717) is 23.9 Å². The maximum Gasteiger partial charge on any atom is 0.356 e. The average molecular weight is 458 g/mol. The van der Waals surface area contributed by atoms with Crippen LogP contribution in [0, 0.1) is 6.92 Å². The zero-order valence-electron chi connectivity index (χ0n) is 19.8. The Bertz CT molecular complexity index is 1150. The summed E-state index contributed by atoms with van der Waals surface area (Å²) in [6.07, 6.45) is 6.47. The number of amides is 1. The summed E-state index contributed by atoms with van der Waals surface area (Å²) in [6, 6.07) is 18.9. The summed E-state index contributed by atoms with van der Waals surface area (Å²) in [5, 5.41) is 6.21. The number of ether oxygens (including phenoxy) is 1. The quantitative estimate of drug-likeness (QED) is 0.390. The fourth-order valence-electron chi connectivity index (χ4n) is 4.38. The lowest BCUT2D eigenvalue weighted by Crippen LogP contribution is -2.12. The van der Waals surface area contributed by atoms with Gasteiger partial charge >= 0.3 is 5.97 Å². The van der Waals surface area contributed by atoms with Crippen LogP contribution >= 0.6 is 0 Å². The number of nitrogens with zero attached hydrogens (tertiary/aromatic N) is 1. The Balaban J connectivity index is 1.40. The molecular weight excluding hydrogens is 426 g/mol. The molecule has 1 fully saturated rings. The fourth-order valence-corrected chi connectivity index (χ4v) is 4.38. The lowest BCUT2D eigenvalue weighted by atomic mass is 9.84. The maximum absolute atomic E-state index is 12.8. The van der Waals surface area contributed by atoms with E-state index in [-0.39, 0.29) is 11.6 Å². The average Bonchev–Trinajstić information content (AvgIpc) is 2.86. The van der Waals surface area contributed by atoms with Crippen molar-refractivity contribution in [2.24, 2.45) is 0 Å². The molecule has 6 nitrogen and oxygen atoms in total. The van der Waals surface area contributed by atoms with Crippen LogP contribution < -0.4 is 10.6 Å². The first kappa shape index (κ1) is 23.5. The number of nitrogens with one attached hydrogen (secondary N) is 2. The number of hydrogen-bond donors (Lipinski definition) is 2. The van der Waals surface area contributed by atoms with Gasteiger partial charge in [0.25, 0.3) is 5.91 Å². The Labute approximate surface area is 200 Å². The lowest BCUT2D eigenvalue weighted by Gasteiger charge is -2.22. The molecule has 0 radical (unpaired) electrons. The number of benzene rings is 2. The largest absolute Gasteiger partial charge is 0.461 e. The predicted molar refractivity (Wildman–Crippen MR) is 135 cm³/mol. The van der Waals surface area contributed by atoms with Crippen LogP contribution in [0.5, 0.6) is 0 Å². The molecule has 1 saturated carbocycles. The molecule has 2 aromatic carbocycles. The number of carbonyl (C=O) groups excluding carboxylic acids is 2. The van der Waals surface area contributed by atoms with E-state index < -0.39 is 5.97 Å². The standard InChI is InChI=1S/C28H31N3O3/c1-3-34-28(33)25-10-7-11-26(31-25)30-24-17-14-22(18-19(24)2)27(32)29-23-15-12-21(13-16-23)20-8-5-4-6-9-20/h7,10-18,20H,3-6,8-9H2,1-2H3,(H,29,32)(H,30,31). The highest BCUT2D eigenvalue weighted by molar-refractivity contribution is 6.04. The third-order valence-electron chi connectivity index (χ3n) is 6.23. The fraction of sp³-hybridized carbons (Fsp3) is 0.321. The van der Waals surface area contributed by atoms with Crippen molar-refractivity contribution in [1.82, 2.24) is 4.98 Å². The molecule has 1 aliphatic rings. The lowest BCUT2D eigenvalue weighted by molar-refractivity contribution is 0.0519. The second-order valence-corrected chi connectivity index (χ2v) is 8.69. The highest BCUT2D eigenvalue weighted by Crippen LogP contribution is 2.33. The Morgan fingerprint density at radius 3 is 2.47 bits per heavy atom. The van der Waals surface area contributed by atoms with Gasteiger partial charge in [-0.1, -0.05) is 37.5 Å². The minimum absolute atomic E-state index is 0.150. The zero-order chi connectivity index (χ0) is 23.9. The van der Waals surface area contributed by atoms with Crippen molar-refractivity contribution in [3.05, 3.63) is 83.0 Å². The van der Waals surface area contributed by atoms with Crippen LogP contribution in [0.4, 0.5) is 17.2 Å². The minimum atomic E-state index is -0.457. The van der Waals surface area contributed by atoms with Crippen LogP contribution in [0.3, 0.4) is 0 Å². The number of esters is 1. The van der Waals surface area contributed by atoms with Crippen LogP contribution in [0.15, 0.2) is 60.7 Å².